The van der Waals surface area contributed by atoms with Gasteiger partial charge in [-0.1, -0.05) is 24.3 Å². The molecule has 3 rings (SSSR count). The molecule has 1 N–H and O–H groups in total. The Morgan fingerprint density at radius 2 is 2.05 bits per heavy atom. The second-order valence-corrected chi connectivity index (χ2v) is 5.44. The highest BCUT2D eigenvalue weighted by atomic mass is 32.1. The topological polar surface area (TPSA) is 55.6 Å². The van der Waals surface area contributed by atoms with Crippen LogP contribution in [0.3, 0.4) is 0 Å². The van der Waals surface area contributed by atoms with Gasteiger partial charge in [-0.25, -0.2) is 0 Å². The second kappa shape index (κ2) is 5.94. The van der Waals surface area contributed by atoms with E-state index in [1.165, 1.54) is 4.88 Å². The van der Waals surface area contributed by atoms with E-state index in [2.05, 4.69) is 45.3 Å². The van der Waals surface area contributed by atoms with Crippen LogP contribution in [0.15, 0.2) is 47.8 Å². The first-order chi connectivity index (χ1) is 9.84. The Morgan fingerprint density at radius 3 is 2.80 bits per heavy atom. The minimum atomic E-state index is 0.288. The van der Waals surface area contributed by atoms with Gasteiger partial charge in [-0.15, -0.1) is 16.4 Å². The lowest BCUT2D eigenvalue weighted by Gasteiger charge is -2.11. The molecule has 0 unspecified atom stereocenters. The predicted molar refractivity (Wildman–Crippen MR) is 78.7 cm³/mol. The molecule has 5 nitrogen and oxygen atoms in total. The Morgan fingerprint density at radius 1 is 1.20 bits per heavy atom. The first kappa shape index (κ1) is 13.0. The van der Waals surface area contributed by atoms with Crippen molar-refractivity contribution in [1.82, 2.24) is 25.5 Å². The smallest absolute Gasteiger partial charge is 0.170 e. The van der Waals surface area contributed by atoms with Crippen molar-refractivity contribution in [2.24, 2.45) is 0 Å². The molecule has 0 aliphatic heterocycles. The van der Waals surface area contributed by atoms with Crippen molar-refractivity contribution in [3.63, 3.8) is 0 Å². The third kappa shape index (κ3) is 2.76. The summed E-state index contributed by atoms with van der Waals surface area (Å²) in [6.07, 6.45) is 0. The SMILES string of the molecule is C[C@@H](NCc1nnnn1-c1ccccc1)c1cccs1. The van der Waals surface area contributed by atoms with E-state index in [1.54, 1.807) is 16.0 Å². The average Bonchev–Trinajstić information content (AvgIpc) is 3.17. The van der Waals surface area contributed by atoms with Gasteiger partial charge in [0.2, 0.25) is 0 Å². The molecular weight excluding hydrogens is 270 g/mol. The van der Waals surface area contributed by atoms with Crippen LogP contribution in [-0.2, 0) is 6.54 Å². The van der Waals surface area contributed by atoms with Crippen LogP contribution >= 0.6 is 11.3 Å². The third-order valence-electron chi connectivity index (χ3n) is 3.07. The molecule has 2 aromatic heterocycles. The van der Waals surface area contributed by atoms with Crippen LogP contribution in [0.2, 0.25) is 0 Å². The molecule has 1 aromatic carbocycles. The molecule has 2 heterocycles. The summed E-state index contributed by atoms with van der Waals surface area (Å²) in [4.78, 5) is 1.31. The van der Waals surface area contributed by atoms with Gasteiger partial charge in [0.05, 0.1) is 12.2 Å². The summed E-state index contributed by atoms with van der Waals surface area (Å²) in [5, 5.41) is 17.4. The number of hydrogen-bond acceptors (Lipinski definition) is 5. The summed E-state index contributed by atoms with van der Waals surface area (Å²) in [6, 6.07) is 14.4. The van der Waals surface area contributed by atoms with E-state index in [-0.39, 0.29) is 6.04 Å². The van der Waals surface area contributed by atoms with Crippen molar-refractivity contribution in [2.75, 3.05) is 0 Å². The van der Waals surface area contributed by atoms with Crippen molar-refractivity contribution in [2.45, 2.75) is 19.5 Å². The summed E-state index contributed by atoms with van der Waals surface area (Å²) >= 11 is 1.75. The fraction of sp³-hybridized carbons (Fsp3) is 0.214. The number of hydrogen-bond donors (Lipinski definition) is 1. The van der Waals surface area contributed by atoms with E-state index in [9.17, 15) is 0 Å². The zero-order chi connectivity index (χ0) is 13.8. The second-order valence-electron chi connectivity index (χ2n) is 4.46. The minimum Gasteiger partial charge on any atom is -0.302 e. The minimum absolute atomic E-state index is 0.288. The van der Waals surface area contributed by atoms with Gasteiger partial charge < -0.3 is 5.32 Å². The molecule has 0 radical (unpaired) electrons. The summed E-state index contributed by atoms with van der Waals surface area (Å²) in [5.41, 5.74) is 0.970. The highest BCUT2D eigenvalue weighted by Gasteiger charge is 2.10. The third-order valence-corrected chi connectivity index (χ3v) is 4.13. The monoisotopic (exact) mass is 285 g/mol. The van der Waals surface area contributed by atoms with E-state index in [0.29, 0.717) is 6.54 Å². The zero-order valence-corrected chi connectivity index (χ0v) is 11.9. The van der Waals surface area contributed by atoms with Crippen LogP contribution in [0, 0.1) is 0 Å². The quantitative estimate of drug-likeness (QED) is 0.783. The predicted octanol–water partition coefficient (Wildman–Crippen LogP) is 2.57. The Labute approximate surface area is 121 Å². The van der Waals surface area contributed by atoms with Gasteiger partial charge in [-0.3, -0.25) is 0 Å². The summed E-state index contributed by atoms with van der Waals surface area (Å²) in [6.45, 7) is 2.77. The maximum Gasteiger partial charge on any atom is 0.170 e. The van der Waals surface area contributed by atoms with E-state index in [4.69, 9.17) is 0 Å². The van der Waals surface area contributed by atoms with Crippen molar-refractivity contribution >= 4 is 11.3 Å². The largest absolute Gasteiger partial charge is 0.302 e. The highest BCUT2D eigenvalue weighted by molar-refractivity contribution is 7.10. The van der Waals surface area contributed by atoms with Crippen molar-refractivity contribution < 1.29 is 0 Å². The van der Waals surface area contributed by atoms with Gasteiger partial charge >= 0.3 is 0 Å². The van der Waals surface area contributed by atoms with E-state index in [1.807, 2.05) is 30.3 Å². The molecule has 3 aromatic rings. The Kier molecular flexibility index (Phi) is 3.85. The number of rotatable bonds is 5. The van der Waals surface area contributed by atoms with Crippen molar-refractivity contribution in [3.05, 3.63) is 58.5 Å². The van der Waals surface area contributed by atoms with E-state index >= 15 is 0 Å². The molecule has 6 heteroatoms. The number of tetrazole rings is 1. The van der Waals surface area contributed by atoms with Gasteiger partial charge in [0.1, 0.15) is 0 Å². The fourth-order valence-electron chi connectivity index (χ4n) is 1.97. The maximum atomic E-state index is 4.09. The van der Waals surface area contributed by atoms with Gasteiger partial charge in [0.25, 0.3) is 0 Å². The fourth-order valence-corrected chi connectivity index (χ4v) is 2.73. The van der Waals surface area contributed by atoms with Gasteiger partial charge in [-0.05, 0) is 40.9 Å². The first-order valence-electron chi connectivity index (χ1n) is 6.44. The average molecular weight is 285 g/mol. The zero-order valence-electron chi connectivity index (χ0n) is 11.1. The molecule has 0 spiro atoms. The Hall–Kier alpha value is -2.05. The normalized spacial score (nSPS) is 12.4. The van der Waals surface area contributed by atoms with Crippen LogP contribution in [0.5, 0.6) is 0 Å². The molecule has 0 fully saturated rings. The molecule has 0 aliphatic carbocycles. The molecule has 20 heavy (non-hydrogen) atoms. The number of benzene rings is 1. The number of para-hydroxylation sites is 1. The number of aromatic nitrogens is 4. The number of nitrogens with one attached hydrogen (secondary N) is 1. The van der Waals surface area contributed by atoms with Crippen LogP contribution in [-0.4, -0.2) is 20.2 Å². The standard InChI is InChI=1S/C14H15N5S/c1-11(13-8-5-9-20-13)15-10-14-16-17-18-19(14)12-6-3-2-4-7-12/h2-9,11,15H,10H2,1H3/t11-/m1/s1. The lowest BCUT2D eigenvalue weighted by molar-refractivity contribution is 0.557. The van der Waals surface area contributed by atoms with Gasteiger partial charge in [0, 0.05) is 10.9 Å². The lowest BCUT2D eigenvalue weighted by Crippen LogP contribution is -2.20. The molecular formula is C14H15N5S. The van der Waals surface area contributed by atoms with Crippen LogP contribution in [0.1, 0.15) is 23.7 Å². The van der Waals surface area contributed by atoms with Crippen molar-refractivity contribution in [1.29, 1.82) is 0 Å². The summed E-state index contributed by atoms with van der Waals surface area (Å²) < 4.78 is 1.76. The molecule has 1 atom stereocenters. The number of nitrogens with zero attached hydrogens (tertiary/aromatic N) is 4. The first-order valence-corrected chi connectivity index (χ1v) is 7.32. The number of thiophene rings is 1. The molecule has 0 aliphatic rings. The summed E-state index contributed by atoms with van der Waals surface area (Å²) in [5.74, 6) is 0.805. The summed E-state index contributed by atoms with van der Waals surface area (Å²) in [7, 11) is 0. The molecule has 0 saturated heterocycles. The van der Waals surface area contributed by atoms with Gasteiger partial charge in [-0.2, -0.15) is 4.68 Å². The molecule has 0 saturated carbocycles. The van der Waals surface area contributed by atoms with Crippen LogP contribution in [0.25, 0.3) is 5.69 Å². The lowest BCUT2D eigenvalue weighted by atomic mass is 10.3. The van der Waals surface area contributed by atoms with E-state index in [0.717, 1.165) is 11.5 Å². The highest BCUT2D eigenvalue weighted by Crippen LogP contribution is 2.18. The van der Waals surface area contributed by atoms with Crippen LogP contribution in [0.4, 0.5) is 0 Å². The maximum absolute atomic E-state index is 4.09. The Balaban J connectivity index is 1.72. The van der Waals surface area contributed by atoms with Gasteiger partial charge in [0.15, 0.2) is 5.82 Å². The molecule has 0 bridgehead atoms. The Bertz CT molecular complexity index is 647. The van der Waals surface area contributed by atoms with Crippen LogP contribution < -0.4 is 5.32 Å². The molecule has 0 amide bonds. The van der Waals surface area contributed by atoms with E-state index < -0.39 is 0 Å². The van der Waals surface area contributed by atoms with Crippen molar-refractivity contribution in [3.8, 4) is 5.69 Å². The molecule has 102 valence electrons.